The van der Waals surface area contributed by atoms with Gasteiger partial charge in [0.1, 0.15) is 0 Å². The highest BCUT2D eigenvalue weighted by Gasteiger charge is 2.14. The van der Waals surface area contributed by atoms with Crippen LogP contribution in [0.25, 0.3) is 0 Å². The summed E-state index contributed by atoms with van der Waals surface area (Å²) in [4.78, 5) is 0. The fraction of sp³-hybridized carbons (Fsp3) is 0.625. The number of rotatable bonds is 6. The van der Waals surface area contributed by atoms with Crippen LogP contribution in [-0.4, -0.2) is 19.3 Å². The Morgan fingerprint density at radius 3 is 2.75 bits per heavy atom. The average molecular weight is 316 g/mol. The van der Waals surface area contributed by atoms with Gasteiger partial charge < -0.3 is 10.1 Å². The second-order valence-electron chi connectivity index (χ2n) is 5.47. The minimum Gasteiger partial charge on any atom is -0.377 e. The molecule has 1 atom stereocenters. The zero-order valence-corrected chi connectivity index (χ0v) is 13.5. The molecular formula is C16H23Cl2NO. The number of hydrogen-bond acceptors (Lipinski definition) is 2. The van der Waals surface area contributed by atoms with Crippen molar-refractivity contribution in [2.75, 3.05) is 13.2 Å². The Morgan fingerprint density at radius 2 is 2.00 bits per heavy atom. The SMILES string of the molecule is CC(NCCOC1CCCCC1)c1cc(Cl)ccc1Cl. The predicted octanol–water partition coefficient (Wildman–Crippen LogP) is 4.99. The van der Waals surface area contributed by atoms with Crippen LogP contribution in [0, 0.1) is 0 Å². The molecule has 1 aliphatic carbocycles. The van der Waals surface area contributed by atoms with Crippen molar-refractivity contribution in [3.8, 4) is 0 Å². The maximum atomic E-state index is 6.20. The van der Waals surface area contributed by atoms with Gasteiger partial charge in [-0.1, -0.05) is 42.5 Å². The molecule has 1 N–H and O–H groups in total. The molecule has 2 rings (SSSR count). The van der Waals surface area contributed by atoms with Crippen molar-refractivity contribution in [3.63, 3.8) is 0 Å². The highest BCUT2D eigenvalue weighted by atomic mass is 35.5. The number of hydrogen-bond donors (Lipinski definition) is 1. The third kappa shape index (κ3) is 4.92. The van der Waals surface area contributed by atoms with Gasteiger partial charge in [-0.15, -0.1) is 0 Å². The molecule has 1 aliphatic rings. The van der Waals surface area contributed by atoms with Crippen molar-refractivity contribution in [2.45, 2.75) is 51.2 Å². The molecule has 1 saturated carbocycles. The lowest BCUT2D eigenvalue weighted by molar-refractivity contribution is 0.0295. The standard InChI is InChI=1S/C16H23Cl2NO/c1-12(15-11-13(17)7-8-16(15)18)19-9-10-20-14-5-3-2-4-6-14/h7-8,11-12,14,19H,2-6,9-10H2,1H3. The van der Waals surface area contributed by atoms with Gasteiger partial charge in [0.05, 0.1) is 12.7 Å². The van der Waals surface area contributed by atoms with E-state index >= 15 is 0 Å². The first-order valence-electron chi connectivity index (χ1n) is 7.47. The maximum Gasteiger partial charge on any atom is 0.0594 e. The first-order chi connectivity index (χ1) is 9.66. The summed E-state index contributed by atoms with van der Waals surface area (Å²) in [6.45, 7) is 3.69. The Labute approximate surface area is 131 Å². The average Bonchev–Trinajstić information content (AvgIpc) is 2.47. The van der Waals surface area contributed by atoms with Crippen LogP contribution in [0.4, 0.5) is 0 Å². The van der Waals surface area contributed by atoms with Gasteiger partial charge in [0.25, 0.3) is 0 Å². The predicted molar refractivity (Wildman–Crippen MR) is 85.7 cm³/mol. The first kappa shape index (κ1) is 16.1. The summed E-state index contributed by atoms with van der Waals surface area (Å²) in [5.74, 6) is 0. The van der Waals surface area contributed by atoms with Crippen LogP contribution in [0.1, 0.15) is 50.6 Å². The lowest BCUT2D eigenvalue weighted by Gasteiger charge is -2.23. The molecule has 1 aromatic carbocycles. The van der Waals surface area contributed by atoms with Gasteiger partial charge in [-0.2, -0.15) is 0 Å². The largest absolute Gasteiger partial charge is 0.377 e. The molecule has 1 aromatic rings. The summed E-state index contributed by atoms with van der Waals surface area (Å²) in [6.07, 6.45) is 6.89. The molecule has 0 saturated heterocycles. The monoisotopic (exact) mass is 315 g/mol. The van der Waals surface area contributed by atoms with Gasteiger partial charge >= 0.3 is 0 Å². The molecule has 0 aromatic heterocycles. The third-order valence-corrected chi connectivity index (χ3v) is 4.46. The molecule has 20 heavy (non-hydrogen) atoms. The number of nitrogens with one attached hydrogen (secondary N) is 1. The molecule has 0 bridgehead atoms. The molecule has 112 valence electrons. The summed E-state index contributed by atoms with van der Waals surface area (Å²) in [5, 5.41) is 4.91. The fourth-order valence-corrected chi connectivity index (χ4v) is 3.15. The molecule has 0 spiro atoms. The van der Waals surface area contributed by atoms with Crippen LogP contribution in [0.5, 0.6) is 0 Å². The summed E-state index contributed by atoms with van der Waals surface area (Å²) in [7, 11) is 0. The van der Waals surface area contributed by atoms with Crippen molar-refractivity contribution in [1.29, 1.82) is 0 Å². The lowest BCUT2D eigenvalue weighted by Crippen LogP contribution is -2.26. The second-order valence-corrected chi connectivity index (χ2v) is 6.32. The van der Waals surface area contributed by atoms with E-state index in [-0.39, 0.29) is 6.04 Å². The van der Waals surface area contributed by atoms with Crippen LogP contribution in [-0.2, 0) is 4.74 Å². The molecule has 1 unspecified atom stereocenters. The van der Waals surface area contributed by atoms with Gasteiger partial charge in [0, 0.05) is 22.6 Å². The summed E-state index contributed by atoms with van der Waals surface area (Å²) in [5.41, 5.74) is 1.04. The van der Waals surface area contributed by atoms with E-state index in [9.17, 15) is 0 Å². The molecular weight excluding hydrogens is 293 g/mol. The van der Waals surface area contributed by atoms with Gasteiger partial charge in [0.2, 0.25) is 0 Å². The Morgan fingerprint density at radius 1 is 1.25 bits per heavy atom. The van der Waals surface area contributed by atoms with Crippen LogP contribution < -0.4 is 5.32 Å². The van der Waals surface area contributed by atoms with Crippen molar-refractivity contribution >= 4 is 23.2 Å². The van der Waals surface area contributed by atoms with Crippen LogP contribution in [0.2, 0.25) is 10.0 Å². The first-order valence-corrected chi connectivity index (χ1v) is 8.22. The lowest BCUT2D eigenvalue weighted by atomic mass is 9.98. The van der Waals surface area contributed by atoms with Crippen LogP contribution in [0.3, 0.4) is 0 Å². The molecule has 4 heteroatoms. The Bertz CT molecular complexity index is 419. The Balaban J connectivity index is 1.71. The third-order valence-electron chi connectivity index (χ3n) is 3.88. The van der Waals surface area contributed by atoms with E-state index in [1.165, 1.54) is 32.1 Å². The number of ether oxygens (including phenoxy) is 1. The molecule has 2 nitrogen and oxygen atoms in total. The van der Waals surface area contributed by atoms with Crippen molar-refractivity contribution < 1.29 is 4.74 Å². The smallest absolute Gasteiger partial charge is 0.0594 e. The molecule has 1 fully saturated rings. The van der Waals surface area contributed by atoms with E-state index in [2.05, 4.69) is 12.2 Å². The topological polar surface area (TPSA) is 21.3 Å². The van der Waals surface area contributed by atoms with E-state index in [1.807, 2.05) is 18.2 Å². The minimum absolute atomic E-state index is 0.177. The zero-order valence-electron chi connectivity index (χ0n) is 12.0. The fourth-order valence-electron chi connectivity index (χ4n) is 2.69. The van der Waals surface area contributed by atoms with Crippen molar-refractivity contribution in [1.82, 2.24) is 5.32 Å². The van der Waals surface area contributed by atoms with Gasteiger partial charge in [0.15, 0.2) is 0 Å². The van der Waals surface area contributed by atoms with E-state index in [1.54, 1.807) is 0 Å². The maximum absolute atomic E-state index is 6.20. The van der Waals surface area contributed by atoms with E-state index in [0.29, 0.717) is 6.10 Å². The second kappa shape index (κ2) is 8.23. The summed E-state index contributed by atoms with van der Waals surface area (Å²) in [6, 6.07) is 5.75. The number of benzene rings is 1. The van der Waals surface area contributed by atoms with Gasteiger partial charge in [-0.25, -0.2) is 0 Å². The molecule has 0 amide bonds. The normalized spacial score (nSPS) is 18.1. The quantitative estimate of drug-likeness (QED) is 0.746. The molecule has 0 aliphatic heterocycles. The highest BCUT2D eigenvalue weighted by Crippen LogP contribution is 2.26. The van der Waals surface area contributed by atoms with E-state index in [0.717, 1.165) is 28.8 Å². The van der Waals surface area contributed by atoms with Crippen molar-refractivity contribution in [3.05, 3.63) is 33.8 Å². The van der Waals surface area contributed by atoms with E-state index < -0.39 is 0 Å². The van der Waals surface area contributed by atoms with Gasteiger partial charge in [-0.3, -0.25) is 0 Å². The zero-order chi connectivity index (χ0) is 14.4. The van der Waals surface area contributed by atoms with Crippen LogP contribution >= 0.6 is 23.2 Å². The number of halogens is 2. The Hall–Kier alpha value is -0.280. The summed E-state index contributed by atoms with van der Waals surface area (Å²) < 4.78 is 5.90. The highest BCUT2D eigenvalue weighted by molar-refractivity contribution is 6.33. The van der Waals surface area contributed by atoms with Crippen LogP contribution in [0.15, 0.2) is 18.2 Å². The van der Waals surface area contributed by atoms with Crippen molar-refractivity contribution in [2.24, 2.45) is 0 Å². The van der Waals surface area contributed by atoms with Gasteiger partial charge in [-0.05, 0) is 43.5 Å². The molecule has 0 radical (unpaired) electrons. The molecule has 0 heterocycles. The van der Waals surface area contributed by atoms with E-state index in [4.69, 9.17) is 27.9 Å². The minimum atomic E-state index is 0.177. The summed E-state index contributed by atoms with van der Waals surface area (Å²) >= 11 is 12.2. The Kier molecular flexibility index (Phi) is 6.63.